The van der Waals surface area contributed by atoms with Crippen molar-refractivity contribution in [1.82, 2.24) is 0 Å². The monoisotopic (exact) mass is 194 g/mol. The number of aliphatic hydroxyl groups is 2. The quantitative estimate of drug-likeness (QED) is 0.574. The maximum absolute atomic E-state index is 9.85. The van der Waals surface area contributed by atoms with Crippen LogP contribution in [0, 0.1) is 17.8 Å². The van der Waals surface area contributed by atoms with Crippen LogP contribution in [0.4, 0.5) is 0 Å². The van der Waals surface area contributed by atoms with Crippen LogP contribution in [0.5, 0.6) is 0 Å². The largest absolute Gasteiger partial charge is 0.389 e. The standard InChI is InChI=1S/C12H18O2/c1-7-5-8(2)12-9(6-7)10(13)3-4-11(12)14/h3-5,8-14H,6H2,1-2H3/t8-,9-,10-,11+,12-/m0/s1. The van der Waals surface area contributed by atoms with Crippen LogP contribution in [-0.2, 0) is 0 Å². The second-order valence-corrected chi connectivity index (χ2v) is 4.68. The fourth-order valence-corrected chi connectivity index (χ4v) is 2.94. The third kappa shape index (κ3) is 1.53. The Hall–Kier alpha value is -0.600. The maximum atomic E-state index is 9.85. The van der Waals surface area contributed by atoms with E-state index in [9.17, 15) is 10.2 Å². The van der Waals surface area contributed by atoms with Crippen molar-refractivity contribution in [2.45, 2.75) is 32.5 Å². The first-order valence-corrected chi connectivity index (χ1v) is 5.31. The van der Waals surface area contributed by atoms with E-state index in [-0.39, 0.29) is 24.0 Å². The molecule has 78 valence electrons. The summed E-state index contributed by atoms with van der Waals surface area (Å²) in [7, 11) is 0. The van der Waals surface area contributed by atoms with Crippen molar-refractivity contribution in [3.05, 3.63) is 23.8 Å². The third-order valence-electron chi connectivity index (χ3n) is 3.55. The van der Waals surface area contributed by atoms with Gasteiger partial charge in [0.2, 0.25) is 0 Å². The molecule has 2 aliphatic rings. The molecule has 0 saturated heterocycles. The zero-order valence-electron chi connectivity index (χ0n) is 8.72. The van der Waals surface area contributed by atoms with Crippen LogP contribution in [0.3, 0.4) is 0 Å². The van der Waals surface area contributed by atoms with E-state index in [1.54, 1.807) is 12.2 Å². The molecule has 0 bridgehead atoms. The van der Waals surface area contributed by atoms with E-state index >= 15 is 0 Å². The van der Waals surface area contributed by atoms with Crippen LogP contribution in [-0.4, -0.2) is 22.4 Å². The molecule has 0 radical (unpaired) electrons. The van der Waals surface area contributed by atoms with Crippen molar-refractivity contribution in [3.8, 4) is 0 Å². The van der Waals surface area contributed by atoms with Crippen molar-refractivity contribution in [1.29, 1.82) is 0 Å². The first kappa shape index (κ1) is 9.94. The minimum Gasteiger partial charge on any atom is -0.389 e. The highest BCUT2D eigenvalue weighted by atomic mass is 16.3. The SMILES string of the molecule is CC1=C[C@H](C)[C@H]2[C@@H](C1)[C@@H](O)C=C[C@H]2O. The van der Waals surface area contributed by atoms with Gasteiger partial charge in [-0.2, -0.15) is 0 Å². The number of rotatable bonds is 0. The molecule has 2 nitrogen and oxygen atoms in total. The van der Waals surface area contributed by atoms with E-state index in [1.165, 1.54) is 5.57 Å². The lowest BCUT2D eigenvalue weighted by Gasteiger charge is -2.41. The Kier molecular flexibility index (Phi) is 2.50. The van der Waals surface area contributed by atoms with Gasteiger partial charge in [0.15, 0.2) is 0 Å². The van der Waals surface area contributed by atoms with Gasteiger partial charge in [0, 0.05) is 5.92 Å². The smallest absolute Gasteiger partial charge is 0.0759 e. The van der Waals surface area contributed by atoms with E-state index in [1.807, 2.05) is 0 Å². The average Bonchev–Trinajstić information content (AvgIpc) is 2.10. The fraction of sp³-hybridized carbons (Fsp3) is 0.667. The highest BCUT2D eigenvalue weighted by molar-refractivity contribution is 5.17. The summed E-state index contributed by atoms with van der Waals surface area (Å²) in [6, 6.07) is 0. The number of allylic oxidation sites excluding steroid dienone is 2. The topological polar surface area (TPSA) is 40.5 Å². The van der Waals surface area contributed by atoms with E-state index in [2.05, 4.69) is 19.9 Å². The second kappa shape index (κ2) is 3.52. The number of aliphatic hydroxyl groups excluding tert-OH is 2. The highest BCUT2D eigenvalue weighted by Crippen LogP contribution is 2.40. The molecule has 5 atom stereocenters. The second-order valence-electron chi connectivity index (χ2n) is 4.68. The Labute approximate surface area is 85.0 Å². The van der Waals surface area contributed by atoms with Crippen LogP contribution < -0.4 is 0 Å². The number of fused-ring (bicyclic) bond motifs is 1. The van der Waals surface area contributed by atoms with Crippen molar-refractivity contribution in [2.24, 2.45) is 17.8 Å². The van der Waals surface area contributed by atoms with Gasteiger partial charge in [0.05, 0.1) is 12.2 Å². The zero-order chi connectivity index (χ0) is 10.3. The minimum atomic E-state index is -0.386. The van der Waals surface area contributed by atoms with Crippen LogP contribution in [0.25, 0.3) is 0 Å². The zero-order valence-corrected chi connectivity index (χ0v) is 8.72. The molecule has 2 N–H and O–H groups in total. The molecule has 0 unspecified atom stereocenters. The molecule has 0 aromatic heterocycles. The van der Waals surface area contributed by atoms with Gasteiger partial charge in [0.25, 0.3) is 0 Å². The molecule has 0 aliphatic heterocycles. The number of hydrogen-bond acceptors (Lipinski definition) is 2. The maximum Gasteiger partial charge on any atom is 0.0759 e. The Balaban J connectivity index is 2.29. The minimum absolute atomic E-state index is 0.193. The van der Waals surface area contributed by atoms with Crippen LogP contribution in [0.2, 0.25) is 0 Å². The molecule has 0 aromatic carbocycles. The van der Waals surface area contributed by atoms with Gasteiger partial charge < -0.3 is 10.2 Å². The van der Waals surface area contributed by atoms with Crippen molar-refractivity contribution < 1.29 is 10.2 Å². The first-order chi connectivity index (χ1) is 6.59. The summed E-state index contributed by atoms with van der Waals surface area (Å²) in [5.74, 6) is 0.761. The van der Waals surface area contributed by atoms with Gasteiger partial charge in [-0.25, -0.2) is 0 Å². The molecule has 0 amide bonds. The molecule has 0 saturated carbocycles. The van der Waals surface area contributed by atoms with Crippen molar-refractivity contribution in [3.63, 3.8) is 0 Å². The van der Waals surface area contributed by atoms with Crippen LogP contribution >= 0.6 is 0 Å². The summed E-state index contributed by atoms with van der Waals surface area (Å²) in [5.41, 5.74) is 1.33. The van der Waals surface area contributed by atoms with Gasteiger partial charge in [-0.15, -0.1) is 0 Å². The van der Waals surface area contributed by atoms with E-state index in [0.717, 1.165) is 6.42 Å². The number of hydrogen-bond donors (Lipinski definition) is 2. The molecular formula is C12H18O2. The molecule has 0 aromatic rings. The molecule has 0 spiro atoms. The molecular weight excluding hydrogens is 176 g/mol. The summed E-state index contributed by atoms with van der Waals surface area (Å²) in [6.45, 7) is 4.22. The van der Waals surface area contributed by atoms with E-state index < -0.39 is 0 Å². The molecule has 2 heteroatoms. The van der Waals surface area contributed by atoms with Gasteiger partial charge in [-0.05, 0) is 25.2 Å². The Bertz CT molecular complexity index is 280. The van der Waals surface area contributed by atoms with Gasteiger partial charge >= 0.3 is 0 Å². The van der Waals surface area contributed by atoms with E-state index in [0.29, 0.717) is 5.92 Å². The van der Waals surface area contributed by atoms with E-state index in [4.69, 9.17) is 0 Å². The van der Waals surface area contributed by atoms with Crippen LogP contribution in [0.1, 0.15) is 20.3 Å². The molecule has 0 fully saturated rings. The van der Waals surface area contributed by atoms with Gasteiger partial charge in [0.1, 0.15) is 0 Å². The lowest BCUT2D eigenvalue weighted by Crippen LogP contribution is -2.42. The fourth-order valence-electron chi connectivity index (χ4n) is 2.94. The normalized spacial score (nSPS) is 47.1. The van der Waals surface area contributed by atoms with Gasteiger partial charge in [-0.1, -0.05) is 30.7 Å². The summed E-state index contributed by atoms with van der Waals surface area (Å²) in [6.07, 6.45) is 5.83. The predicted octanol–water partition coefficient (Wildman–Crippen LogP) is 1.50. The summed E-state index contributed by atoms with van der Waals surface area (Å²) in [5, 5.41) is 19.7. The summed E-state index contributed by atoms with van der Waals surface area (Å²) < 4.78 is 0. The lowest BCUT2D eigenvalue weighted by molar-refractivity contribution is 0.0106. The van der Waals surface area contributed by atoms with Crippen molar-refractivity contribution >= 4 is 0 Å². The Morgan fingerprint density at radius 2 is 1.86 bits per heavy atom. The molecule has 2 aliphatic carbocycles. The first-order valence-electron chi connectivity index (χ1n) is 5.31. The van der Waals surface area contributed by atoms with Crippen molar-refractivity contribution in [2.75, 3.05) is 0 Å². The highest BCUT2D eigenvalue weighted by Gasteiger charge is 2.39. The summed E-state index contributed by atoms with van der Waals surface area (Å²) >= 11 is 0. The molecule has 0 heterocycles. The Morgan fingerprint density at radius 1 is 1.21 bits per heavy atom. The Morgan fingerprint density at radius 3 is 2.57 bits per heavy atom. The summed E-state index contributed by atoms with van der Waals surface area (Å²) in [4.78, 5) is 0. The van der Waals surface area contributed by atoms with Gasteiger partial charge in [-0.3, -0.25) is 0 Å². The molecule has 14 heavy (non-hydrogen) atoms. The lowest BCUT2D eigenvalue weighted by atomic mass is 9.67. The predicted molar refractivity (Wildman–Crippen MR) is 55.7 cm³/mol. The third-order valence-corrected chi connectivity index (χ3v) is 3.55. The molecule has 2 rings (SSSR count). The average molecular weight is 194 g/mol. The van der Waals surface area contributed by atoms with Crippen LogP contribution in [0.15, 0.2) is 23.8 Å².